The fourth-order valence-corrected chi connectivity index (χ4v) is 3.86. The molecule has 1 N–H and O–H groups in total. The van der Waals surface area contributed by atoms with Gasteiger partial charge in [-0.05, 0) is 29.0 Å². The first kappa shape index (κ1) is 15.7. The van der Waals surface area contributed by atoms with E-state index in [9.17, 15) is 5.11 Å². The van der Waals surface area contributed by atoms with Crippen LogP contribution >= 0.6 is 0 Å². The maximum absolute atomic E-state index is 10.7. The average molecular weight is 350 g/mol. The van der Waals surface area contributed by atoms with Crippen LogP contribution in [0.1, 0.15) is 16.7 Å². The van der Waals surface area contributed by atoms with E-state index in [1.165, 1.54) is 0 Å². The van der Waals surface area contributed by atoms with Crippen LogP contribution < -0.4 is 4.74 Å². The lowest BCUT2D eigenvalue weighted by Crippen LogP contribution is -2.34. The SMILES string of the molecule is Oc1cc2ccccc2c2c1OC(c1ccccc1)(c1ccccc1)C=C2. The van der Waals surface area contributed by atoms with Crippen molar-refractivity contribution in [2.45, 2.75) is 5.60 Å². The minimum Gasteiger partial charge on any atom is -0.504 e. The van der Waals surface area contributed by atoms with Crippen molar-refractivity contribution in [1.82, 2.24) is 0 Å². The van der Waals surface area contributed by atoms with E-state index in [1.807, 2.05) is 54.6 Å². The number of benzene rings is 4. The smallest absolute Gasteiger partial charge is 0.178 e. The van der Waals surface area contributed by atoms with Gasteiger partial charge in [-0.2, -0.15) is 0 Å². The van der Waals surface area contributed by atoms with Crippen molar-refractivity contribution in [2.75, 3.05) is 0 Å². The van der Waals surface area contributed by atoms with Crippen molar-refractivity contribution in [3.8, 4) is 11.5 Å². The van der Waals surface area contributed by atoms with Gasteiger partial charge in [0.05, 0.1) is 0 Å². The maximum Gasteiger partial charge on any atom is 0.178 e. The molecule has 4 aromatic carbocycles. The van der Waals surface area contributed by atoms with Gasteiger partial charge in [0, 0.05) is 16.7 Å². The third-order valence-corrected chi connectivity index (χ3v) is 5.17. The summed E-state index contributed by atoms with van der Waals surface area (Å²) in [7, 11) is 0. The molecular weight excluding hydrogens is 332 g/mol. The van der Waals surface area contributed by atoms with Crippen LogP contribution in [0.15, 0.2) is 97.1 Å². The van der Waals surface area contributed by atoms with Gasteiger partial charge in [-0.25, -0.2) is 0 Å². The Bertz CT molecular complexity index is 1110. The van der Waals surface area contributed by atoms with Gasteiger partial charge in [0.1, 0.15) is 0 Å². The normalized spacial score (nSPS) is 14.5. The second-order valence-corrected chi connectivity index (χ2v) is 6.76. The number of rotatable bonds is 2. The molecule has 130 valence electrons. The molecule has 0 atom stereocenters. The molecule has 2 nitrogen and oxygen atoms in total. The minimum atomic E-state index is -0.782. The molecule has 0 amide bonds. The number of phenols is 1. The molecule has 1 aliphatic heterocycles. The number of ether oxygens (including phenoxy) is 1. The van der Waals surface area contributed by atoms with Gasteiger partial charge in [-0.3, -0.25) is 0 Å². The van der Waals surface area contributed by atoms with Crippen LogP contribution in [0.25, 0.3) is 16.8 Å². The Hall–Kier alpha value is -3.52. The summed E-state index contributed by atoms with van der Waals surface area (Å²) in [6, 6.07) is 30.0. The van der Waals surface area contributed by atoms with Crippen molar-refractivity contribution in [3.63, 3.8) is 0 Å². The second kappa shape index (κ2) is 6.03. The van der Waals surface area contributed by atoms with E-state index >= 15 is 0 Å². The molecular formula is C25H18O2. The first-order valence-electron chi connectivity index (χ1n) is 9.02. The summed E-state index contributed by atoms with van der Waals surface area (Å²) in [6.45, 7) is 0. The summed E-state index contributed by atoms with van der Waals surface area (Å²) in [4.78, 5) is 0. The van der Waals surface area contributed by atoms with Crippen LogP contribution in [-0.4, -0.2) is 5.11 Å². The zero-order valence-corrected chi connectivity index (χ0v) is 14.7. The van der Waals surface area contributed by atoms with Gasteiger partial charge in [0.2, 0.25) is 0 Å². The molecule has 0 bridgehead atoms. The highest BCUT2D eigenvalue weighted by Crippen LogP contribution is 2.47. The maximum atomic E-state index is 10.7. The summed E-state index contributed by atoms with van der Waals surface area (Å²) < 4.78 is 6.59. The fourth-order valence-electron chi connectivity index (χ4n) is 3.86. The molecule has 27 heavy (non-hydrogen) atoms. The standard InChI is InChI=1S/C25H18O2/c26-23-17-18-9-7-8-14-21(18)22-15-16-25(27-24(22)23,19-10-3-1-4-11-19)20-12-5-2-6-13-20/h1-17,26H. The third kappa shape index (κ3) is 2.42. The van der Waals surface area contributed by atoms with Crippen molar-refractivity contribution < 1.29 is 9.84 Å². The van der Waals surface area contributed by atoms with Crippen LogP contribution in [0, 0.1) is 0 Å². The van der Waals surface area contributed by atoms with Gasteiger partial charge >= 0.3 is 0 Å². The van der Waals surface area contributed by atoms with Crippen LogP contribution in [0.5, 0.6) is 11.5 Å². The second-order valence-electron chi connectivity index (χ2n) is 6.76. The minimum absolute atomic E-state index is 0.157. The number of hydrogen-bond acceptors (Lipinski definition) is 2. The fraction of sp³-hybridized carbons (Fsp3) is 0.0400. The van der Waals surface area contributed by atoms with Gasteiger partial charge in [-0.15, -0.1) is 0 Å². The Kier molecular flexibility index (Phi) is 3.51. The molecule has 0 unspecified atom stereocenters. The summed E-state index contributed by atoms with van der Waals surface area (Å²) >= 11 is 0. The predicted molar refractivity (Wildman–Crippen MR) is 109 cm³/mol. The number of aromatic hydroxyl groups is 1. The topological polar surface area (TPSA) is 29.5 Å². The lowest BCUT2D eigenvalue weighted by Gasteiger charge is -2.36. The van der Waals surface area contributed by atoms with Crippen LogP contribution in [0.4, 0.5) is 0 Å². The average Bonchev–Trinajstić information content (AvgIpc) is 2.75. The highest BCUT2D eigenvalue weighted by Gasteiger charge is 2.38. The first-order chi connectivity index (χ1) is 13.3. The van der Waals surface area contributed by atoms with Crippen LogP contribution in [0.3, 0.4) is 0 Å². The molecule has 4 aromatic rings. The van der Waals surface area contributed by atoms with Crippen LogP contribution in [0.2, 0.25) is 0 Å². The van der Waals surface area contributed by atoms with Gasteiger partial charge < -0.3 is 9.84 Å². The van der Waals surface area contributed by atoms with E-state index in [1.54, 1.807) is 6.07 Å². The molecule has 5 rings (SSSR count). The van der Waals surface area contributed by atoms with Gasteiger partial charge in [0.25, 0.3) is 0 Å². The molecule has 0 aromatic heterocycles. The summed E-state index contributed by atoms with van der Waals surface area (Å²) in [5.74, 6) is 0.674. The van der Waals surface area contributed by atoms with E-state index in [0.29, 0.717) is 5.75 Å². The van der Waals surface area contributed by atoms with Crippen molar-refractivity contribution in [3.05, 3.63) is 114 Å². The van der Waals surface area contributed by atoms with Crippen molar-refractivity contribution >= 4 is 16.8 Å². The molecule has 0 radical (unpaired) electrons. The molecule has 0 aliphatic carbocycles. The highest BCUT2D eigenvalue weighted by atomic mass is 16.5. The summed E-state index contributed by atoms with van der Waals surface area (Å²) in [5.41, 5.74) is 2.17. The third-order valence-electron chi connectivity index (χ3n) is 5.17. The van der Waals surface area contributed by atoms with E-state index < -0.39 is 5.60 Å². The molecule has 0 saturated heterocycles. The molecule has 0 saturated carbocycles. The zero-order chi connectivity index (χ0) is 18.3. The molecule has 1 aliphatic rings. The number of fused-ring (bicyclic) bond motifs is 3. The molecule has 0 fully saturated rings. The summed E-state index contributed by atoms with van der Waals surface area (Å²) in [6.07, 6.45) is 4.16. The Morgan fingerprint density at radius 3 is 1.96 bits per heavy atom. The molecule has 2 heteroatoms. The zero-order valence-electron chi connectivity index (χ0n) is 14.7. The Morgan fingerprint density at radius 2 is 1.30 bits per heavy atom. The number of hydrogen-bond donors (Lipinski definition) is 1. The Labute approximate surface area is 158 Å². The van der Waals surface area contributed by atoms with Gasteiger partial charge in [-0.1, -0.05) is 84.9 Å². The van der Waals surface area contributed by atoms with E-state index in [2.05, 4.69) is 42.5 Å². The van der Waals surface area contributed by atoms with Crippen molar-refractivity contribution in [1.29, 1.82) is 0 Å². The first-order valence-corrected chi connectivity index (χ1v) is 9.02. The van der Waals surface area contributed by atoms with Crippen LogP contribution in [-0.2, 0) is 5.60 Å². The lowest BCUT2D eigenvalue weighted by atomic mass is 9.83. The predicted octanol–water partition coefficient (Wildman–Crippen LogP) is 5.89. The Morgan fingerprint density at radius 1 is 0.704 bits per heavy atom. The largest absolute Gasteiger partial charge is 0.504 e. The Balaban J connectivity index is 1.78. The molecule has 0 spiro atoms. The van der Waals surface area contributed by atoms with E-state index in [4.69, 9.17) is 4.74 Å². The number of phenolic OH excluding ortho intramolecular Hbond substituents is 1. The van der Waals surface area contributed by atoms with Gasteiger partial charge in [0.15, 0.2) is 17.1 Å². The van der Waals surface area contributed by atoms with E-state index in [-0.39, 0.29) is 5.75 Å². The highest BCUT2D eigenvalue weighted by molar-refractivity contribution is 5.96. The monoisotopic (exact) mass is 350 g/mol. The quantitative estimate of drug-likeness (QED) is 0.488. The van der Waals surface area contributed by atoms with E-state index in [0.717, 1.165) is 27.5 Å². The summed E-state index contributed by atoms with van der Waals surface area (Å²) in [5, 5.41) is 12.8. The molecule has 1 heterocycles. The lowest BCUT2D eigenvalue weighted by molar-refractivity contribution is 0.155. The van der Waals surface area contributed by atoms with Crippen molar-refractivity contribution in [2.24, 2.45) is 0 Å².